The van der Waals surface area contributed by atoms with Crippen LogP contribution in [-0.4, -0.2) is 79.1 Å². The minimum absolute atomic E-state index is 0.178. The predicted molar refractivity (Wildman–Crippen MR) is 137 cm³/mol. The van der Waals surface area contributed by atoms with Crippen molar-refractivity contribution < 1.29 is 38.1 Å². The second-order valence-electron chi connectivity index (χ2n) is 9.28. The Hall–Kier alpha value is -2.77. The molecule has 1 aliphatic rings. The number of amides is 1. The lowest BCUT2D eigenvalue weighted by molar-refractivity contribution is -0.0649. The molecule has 0 spiro atoms. The Morgan fingerprint density at radius 2 is 1.82 bits per heavy atom. The second kappa shape index (κ2) is 12.0. The molecular weight excluding hydrogens is 517 g/mol. The Morgan fingerprint density at radius 1 is 1.13 bits per heavy atom. The average Bonchev–Trinajstić information content (AvgIpc) is 3.43. The first-order chi connectivity index (χ1) is 18.1. The van der Waals surface area contributed by atoms with Crippen molar-refractivity contribution >= 4 is 30.5 Å². The van der Waals surface area contributed by atoms with Crippen LogP contribution in [0, 0.1) is 0 Å². The smallest absolute Gasteiger partial charge is 0.356 e. The standard InChI is InChI=1S/C24H32N5O8P/c1-14(2)36-38(33,37-15(3)4)13-34-20-19(31)17(10-30)35-24(20)29-12-27-18-21(25-11-26-22(18)29)28-23(32)16-8-6-5-7-9-16/h5-9,11-12,14-15,17,19-20,24,30-31H,10,13H2,1-4H3,(H,25,26,28,32)/t17-,19-,20-,24-/m1/s1. The molecule has 0 radical (unpaired) electrons. The van der Waals surface area contributed by atoms with Gasteiger partial charge in [0.25, 0.3) is 5.91 Å². The number of aliphatic hydroxyl groups is 2. The lowest BCUT2D eigenvalue weighted by Gasteiger charge is -2.26. The minimum Gasteiger partial charge on any atom is -0.394 e. The predicted octanol–water partition coefficient (Wildman–Crippen LogP) is 2.72. The fourth-order valence-electron chi connectivity index (χ4n) is 4.08. The summed E-state index contributed by atoms with van der Waals surface area (Å²) in [7, 11) is -3.69. The van der Waals surface area contributed by atoms with E-state index in [1.165, 1.54) is 17.2 Å². The molecular formula is C24H32N5O8P. The number of nitrogens with zero attached hydrogens (tertiary/aromatic N) is 4. The molecule has 0 saturated carbocycles. The van der Waals surface area contributed by atoms with Crippen LogP contribution in [0.25, 0.3) is 11.2 Å². The molecule has 1 saturated heterocycles. The number of anilines is 1. The molecule has 2 aromatic heterocycles. The first-order valence-corrected chi connectivity index (χ1v) is 13.9. The van der Waals surface area contributed by atoms with E-state index in [4.69, 9.17) is 18.5 Å². The normalized spacial score (nSPS) is 22.0. The maximum atomic E-state index is 13.3. The van der Waals surface area contributed by atoms with Gasteiger partial charge in [0.05, 0.1) is 25.1 Å². The summed E-state index contributed by atoms with van der Waals surface area (Å²) in [5.74, 6) is -0.196. The maximum Gasteiger partial charge on any atom is 0.356 e. The van der Waals surface area contributed by atoms with Crippen LogP contribution in [0.5, 0.6) is 0 Å². The molecule has 3 heterocycles. The fourth-order valence-corrected chi connectivity index (χ4v) is 5.89. The van der Waals surface area contributed by atoms with Crippen LogP contribution < -0.4 is 5.32 Å². The topological polar surface area (TPSA) is 167 Å². The summed E-state index contributed by atoms with van der Waals surface area (Å²) in [5.41, 5.74) is 1.00. The van der Waals surface area contributed by atoms with Crippen LogP contribution in [0.1, 0.15) is 44.3 Å². The highest BCUT2D eigenvalue weighted by Crippen LogP contribution is 2.51. The summed E-state index contributed by atoms with van der Waals surface area (Å²) in [6.07, 6.45) is -2.93. The van der Waals surface area contributed by atoms with Gasteiger partial charge < -0.3 is 34.1 Å². The van der Waals surface area contributed by atoms with Gasteiger partial charge in [0.1, 0.15) is 31.0 Å². The molecule has 3 N–H and O–H groups in total. The van der Waals surface area contributed by atoms with Gasteiger partial charge in [-0.05, 0) is 39.8 Å². The highest BCUT2D eigenvalue weighted by molar-refractivity contribution is 7.53. The van der Waals surface area contributed by atoms with Gasteiger partial charge in [0.2, 0.25) is 0 Å². The molecule has 206 valence electrons. The van der Waals surface area contributed by atoms with Crippen molar-refractivity contribution in [1.82, 2.24) is 19.5 Å². The summed E-state index contributed by atoms with van der Waals surface area (Å²) in [6.45, 7) is 6.40. The summed E-state index contributed by atoms with van der Waals surface area (Å²) in [6, 6.07) is 8.63. The zero-order valence-electron chi connectivity index (χ0n) is 21.5. The van der Waals surface area contributed by atoms with E-state index in [1.807, 2.05) is 0 Å². The number of hydrogen-bond acceptors (Lipinski definition) is 11. The highest BCUT2D eigenvalue weighted by Gasteiger charge is 2.47. The van der Waals surface area contributed by atoms with E-state index in [2.05, 4.69) is 20.3 Å². The SMILES string of the molecule is CC(C)OP(=O)(CO[C@@H]1[C@H](O)[C@@H](CO)O[C@H]1n1cnc2c(NC(=O)c3ccccc3)ncnc21)OC(C)C. The van der Waals surface area contributed by atoms with Gasteiger partial charge in [-0.15, -0.1) is 0 Å². The van der Waals surface area contributed by atoms with Crippen molar-refractivity contribution in [3.63, 3.8) is 0 Å². The van der Waals surface area contributed by atoms with Crippen LogP contribution in [-0.2, 0) is 23.1 Å². The Balaban J connectivity index is 1.61. The van der Waals surface area contributed by atoms with Crippen LogP contribution in [0.2, 0.25) is 0 Å². The minimum atomic E-state index is -3.69. The Bertz CT molecular complexity index is 1270. The van der Waals surface area contributed by atoms with Gasteiger partial charge >= 0.3 is 7.60 Å². The molecule has 38 heavy (non-hydrogen) atoms. The first kappa shape index (κ1) is 28.2. The number of imidazole rings is 1. The Kier molecular flexibility index (Phi) is 8.89. The van der Waals surface area contributed by atoms with E-state index in [0.717, 1.165) is 0 Å². The number of rotatable bonds is 11. The quantitative estimate of drug-likeness (QED) is 0.301. The maximum absolute atomic E-state index is 13.3. The van der Waals surface area contributed by atoms with E-state index in [9.17, 15) is 19.6 Å². The number of carbonyl (C=O) groups excluding carboxylic acids is 1. The van der Waals surface area contributed by atoms with Gasteiger partial charge in [0, 0.05) is 5.56 Å². The average molecular weight is 550 g/mol. The highest BCUT2D eigenvalue weighted by atomic mass is 31.2. The van der Waals surface area contributed by atoms with Crippen molar-refractivity contribution in [2.45, 2.75) is 64.4 Å². The van der Waals surface area contributed by atoms with Crippen LogP contribution >= 0.6 is 7.60 Å². The van der Waals surface area contributed by atoms with Crippen molar-refractivity contribution in [3.8, 4) is 0 Å². The Labute approximate surface area is 219 Å². The summed E-state index contributed by atoms with van der Waals surface area (Å²) in [5, 5.41) is 23.3. The number of nitrogens with one attached hydrogen (secondary N) is 1. The molecule has 1 fully saturated rings. The second-order valence-corrected chi connectivity index (χ2v) is 11.2. The molecule has 1 amide bonds. The first-order valence-electron chi connectivity index (χ1n) is 12.2. The van der Waals surface area contributed by atoms with E-state index in [1.54, 1.807) is 58.0 Å². The largest absolute Gasteiger partial charge is 0.394 e. The molecule has 1 aliphatic heterocycles. The number of benzene rings is 1. The van der Waals surface area contributed by atoms with Crippen LogP contribution in [0.15, 0.2) is 43.0 Å². The molecule has 0 aliphatic carbocycles. The lowest BCUT2D eigenvalue weighted by atomic mass is 10.1. The molecule has 0 bridgehead atoms. The fraction of sp³-hybridized carbons (Fsp3) is 0.500. The molecule has 3 aromatic rings. The molecule has 14 heteroatoms. The summed E-state index contributed by atoms with van der Waals surface area (Å²) >= 11 is 0. The van der Waals surface area contributed by atoms with Gasteiger partial charge in [-0.2, -0.15) is 0 Å². The number of ether oxygens (including phenoxy) is 2. The van der Waals surface area contributed by atoms with E-state index in [-0.39, 0.29) is 22.9 Å². The number of carbonyl (C=O) groups is 1. The molecule has 4 atom stereocenters. The van der Waals surface area contributed by atoms with Gasteiger partial charge in [-0.1, -0.05) is 18.2 Å². The third-order valence-corrected chi connectivity index (χ3v) is 7.51. The van der Waals surface area contributed by atoms with Gasteiger partial charge in [-0.3, -0.25) is 13.9 Å². The van der Waals surface area contributed by atoms with E-state index >= 15 is 0 Å². The number of aromatic nitrogens is 4. The molecule has 4 rings (SSSR count). The third-order valence-electron chi connectivity index (χ3n) is 5.56. The van der Waals surface area contributed by atoms with Crippen LogP contribution in [0.4, 0.5) is 5.82 Å². The monoisotopic (exact) mass is 549 g/mol. The number of fused-ring (bicyclic) bond motifs is 1. The number of hydrogen-bond donors (Lipinski definition) is 3. The van der Waals surface area contributed by atoms with Crippen molar-refractivity contribution in [1.29, 1.82) is 0 Å². The zero-order valence-corrected chi connectivity index (χ0v) is 22.4. The van der Waals surface area contributed by atoms with Crippen molar-refractivity contribution in [2.75, 3.05) is 18.3 Å². The van der Waals surface area contributed by atoms with E-state index < -0.39 is 57.3 Å². The van der Waals surface area contributed by atoms with Crippen molar-refractivity contribution in [3.05, 3.63) is 48.5 Å². The molecule has 1 aromatic carbocycles. The zero-order chi connectivity index (χ0) is 27.4. The third kappa shape index (κ3) is 6.26. The lowest BCUT2D eigenvalue weighted by Crippen LogP contribution is -2.36. The summed E-state index contributed by atoms with van der Waals surface area (Å²) < 4.78 is 37.6. The van der Waals surface area contributed by atoms with Crippen molar-refractivity contribution in [2.24, 2.45) is 0 Å². The molecule has 0 unspecified atom stereocenters. The van der Waals surface area contributed by atoms with Gasteiger partial charge in [-0.25, -0.2) is 15.0 Å². The van der Waals surface area contributed by atoms with Crippen LogP contribution in [0.3, 0.4) is 0 Å². The Morgan fingerprint density at radius 3 is 2.45 bits per heavy atom. The summed E-state index contributed by atoms with van der Waals surface area (Å²) in [4.78, 5) is 25.4. The van der Waals surface area contributed by atoms with Gasteiger partial charge in [0.15, 0.2) is 23.2 Å². The van der Waals surface area contributed by atoms with E-state index in [0.29, 0.717) is 5.56 Å². The molecule has 13 nitrogen and oxygen atoms in total. The number of aliphatic hydroxyl groups excluding tert-OH is 2.